The summed E-state index contributed by atoms with van der Waals surface area (Å²) in [5.41, 5.74) is 1.14. The minimum Gasteiger partial charge on any atom is -0.383 e. The number of benzene rings is 2. The lowest BCUT2D eigenvalue weighted by Crippen LogP contribution is -2.25. The van der Waals surface area contributed by atoms with Crippen LogP contribution in [0.25, 0.3) is 0 Å². The summed E-state index contributed by atoms with van der Waals surface area (Å²) in [5.74, 6) is -0.500. The highest BCUT2D eigenvalue weighted by atomic mass is 35.5. The standard InChI is InChI=1S/C16H15Cl2FN2O/c17-12-5-6-13(18)15(9-12)20-8-7-16(22)21-10-11-3-1-2-4-14(11)19/h1-6,9,20H,7-8,10H2,(H,21,22). The second kappa shape index (κ2) is 8.01. The Kier molecular flexibility index (Phi) is 6.04. The van der Waals surface area contributed by atoms with Crippen LogP contribution in [0.1, 0.15) is 12.0 Å². The van der Waals surface area contributed by atoms with Gasteiger partial charge in [0.25, 0.3) is 0 Å². The molecule has 0 aromatic heterocycles. The number of hydrogen-bond acceptors (Lipinski definition) is 2. The summed E-state index contributed by atoms with van der Waals surface area (Å²) in [4.78, 5) is 11.7. The summed E-state index contributed by atoms with van der Waals surface area (Å²) in [6, 6.07) is 11.4. The number of amides is 1. The summed E-state index contributed by atoms with van der Waals surface area (Å²) < 4.78 is 13.4. The van der Waals surface area contributed by atoms with E-state index in [0.29, 0.717) is 27.8 Å². The Morgan fingerprint density at radius 3 is 2.68 bits per heavy atom. The minimum absolute atomic E-state index is 0.170. The van der Waals surface area contributed by atoms with E-state index in [1.54, 1.807) is 36.4 Å². The van der Waals surface area contributed by atoms with Gasteiger partial charge in [-0.1, -0.05) is 41.4 Å². The first-order valence-corrected chi connectivity index (χ1v) is 7.51. The summed E-state index contributed by atoms with van der Waals surface area (Å²) in [6.45, 7) is 0.576. The van der Waals surface area contributed by atoms with E-state index >= 15 is 0 Å². The van der Waals surface area contributed by atoms with Crippen molar-refractivity contribution in [3.8, 4) is 0 Å². The molecular formula is C16H15Cl2FN2O. The van der Waals surface area contributed by atoms with Crippen LogP contribution in [0.4, 0.5) is 10.1 Å². The van der Waals surface area contributed by atoms with Crippen LogP contribution in [-0.4, -0.2) is 12.5 Å². The molecule has 0 aliphatic rings. The summed E-state index contributed by atoms with van der Waals surface area (Å²) >= 11 is 11.9. The Morgan fingerprint density at radius 1 is 1.14 bits per heavy atom. The van der Waals surface area contributed by atoms with Crippen molar-refractivity contribution in [2.45, 2.75) is 13.0 Å². The first-order valence-electron chi connectivity index (χ1n) is 6.75. The van der Waals surface area contributed by atoms with Crippen molar-refractivity contribution in [2.75, 3.05) is 11.9 Å². The third kappa shape index (κ3) is 4.90. The average Bonchev–Trinajstić information content (AvgIpc) is 2.50. The van der Waals surface area contributed by atoms with Gasteiger partial charge < -0.3 is 10.6 Å². The third-order valence-corrected chi connectivity index (χ3v) is 3.59. The maximum Gasteiger partial charge on any atom is 0.222 e. The van der Waals surface area contributed by atoms with E-state index in [4.69, 9.17) is 23.2 Å². The van der Waals surface area contributed by atoms with Crippen molar-refractivity contribution >= 4 is 34.8 Å². The fourth-order valence-corrected chi connectivity index (χ4v) is 2.22. The number of hydrogen-bond donors (Lipinski definition) is 2. The van der Waals surface area contributed by atoms with Crippen molar-refractivity contribution in [3.05, 3.63) is 63.9 Å². The third-order valence-electron chi connectivity index (χ3n) is 3.03. The van der Waals surface area contributed by atoms with Gasteiger partial charge in [-0.25, -0.2) is 4.39 Å². The van der Waals surface area contributed by atoms with E-state index < -0.39 is 0 Å². The molecule has 3 nitrogen and oxygen atoms in total. The SMILES string of the molecule is O=C(CCNc1cc(Cl)ccc1Cl)NCc1ccccc1F. The molecule has 0 radical (unpaired) electrons. The predicted molar refractivity (Wildman–Crippen MR) is 87.8 cm³/mol. The first kappa shape index (κ1) is 16.6. The van der Waals surface area contributed by atoms with Crippen molar-refractivity contribution in [1.29, 1.82) is 0 Å². The number of carbonyl (C=O) groups excluding carboxylic acids is 1. The van der Waals surface area contributed by atoms with E-state index in [2.05, 4.69) is 10.6 Å². The van der Waals surface area contributed by atoms with Crippen LogP contribution >= 0.6 is 23.2 Å². The van der Waals surface area contributed by atoms with E-state index in [-0.39, 0.29) is 24.7 Å². The van der Waals surface area contributed by atoms with E-state index in [0.717, 1.165) is 0 Å². The van der Waals surface area contributed by atoms with Crippen LogP contribution in [0, 0.1) is 5.82 Å². The lowest BCUT2D eigenvalue weighted by atomic mass is 10.2. The largest absolute Gasteiger partial charge is 0.383 e. The Morgan fingerprint density at radius 2 is 1.91 bits per heavy atom. The maximum absolute atomic E-state index is 13.4. The summed E-state index contributed by atoms with van der Waals surface area (Å²) in [6.07, 6.45) is 0.247. The Hall–Kier alpha value is -1.78. The molecule has 1 amide bonds. The van der Waals surface area contributed by atoms with Gasteiger partial charge in [0.15, 0.2) is 0 Å². The lowest BCUT2D eigenvalue weighted by Gasteiger charge is -2.09. The molecule has 0 saturated carbocycles. The quantitative estimate of drug-likeness (QED) is 0.825. The van der Waals surface area contributed by atoms with Crippen molar-refractivity contribution in [1.82, 2.24) is 5.32 Å². The van der Waals surface area contributed by atoms with Crippen LogP contribution in [0.15, 0.2) is 42.5 Å². The van der Waals surface area contributed by atoms with E-state index in [9.17, 15) is 9.18 Å². The molecule has 22 heavy (non-hydrogen) atoms. The second-order valence-electron chi connectivity index (χ2n) is 4.67. The monoisotopic (exact) mass is 340 g/mol. The zero-order valence-electron chi connectivity index (χ0n) is 11.7. The topological polar surface area (TPSA) is 41.1 Å². The highest BCUT2D eigenvalue weighted by molar-refractivity contribution is 6.35. The predicted octanol–water partition coefficient (Wildman–Crippen LogP) is 4.25. The number of rotatable bonds is 6. The Labute approximate surface area is 138 Å². The molecular weight excluding hydrogens is 326 g/mol. The van der Waals surface area contributed by atoms with Gasteiger partial charge in [-0.2, -0.15) is 0 Å². The van der Waals surface area contributed by atoms with Gasteiger partial charge in [0.05, 0.1) is 10.7 Å². The van der Waals surface area contributed by atoms with Gasteiger partial charge in [-0.3, -0.25) is 4.79 Å². The molecule has 0 aliphatic carbocycles. The fraction of sp³-hybridized carbons (Fsp3) is 0.188. The van der Waals surface area contributed by atoms with Crippen molar-refractivity contribution in [2.24, 2.45) is 0 Å². The molecule has 0 bridgehead atoms. The highest BCUT2D eigenvalue weighted by Gasteiger charge is 2.05. The molecule has 2 aromatic carbocycles. The molecule has 6 heteroatoms. The lowest BCUT2D eigenvalue weighted by molar-refractivity contribution is -0.121. The van der Waals surface area contributed by atoms with Crippen LogP contribution in [0.2, 0.25) is 10.0 Å². The van der Waals surface area contributed by atoms with Gasteiger partial charge >= 0.3 is 0 Å². The fourth-order valence-electron chi connectivity index (χ4n) is 1.87. The van der Waals surface area contributed by atoms with E-state index in [1.165, 1.54) is 6.07 Å². The molecule has 0 heterocycles. The molecule has 2 N–H and O–H groups in total. The molecule has 0 saturated heterocycles. The zero-order chi connectivity index (χ0) is 15.9. The maximum atomic E-state index is 13.4. The molecule has 0 unspecified atom stereocenters. The average molecular weight is 341 g/mol. The van der Waals surface area contributed by atoms with Crippen molar-refractivity contribution in [3.63, 3.8) is 0 Å². The molecule has 116 valence electrons. The van der Waals surface area contributed by atoms with Crippen LogP contribution in [-0.2, 0) is 11.3 Å². The van der Waals surface area contributed by atoms with Crippen LogP contribution < -0.4 is 10.6 Å². The van der Waals surface area contributed by atoms with Gasteiger partial charge in [-0.15, -0.1) is 0 Å². The number of nitrogens with one attached hydrogen (secondary N) is 2. The normalized spacial score (nSPS) is 10.3. The smallest absolute Gasteiger partial charge is 0.222 e. The van der Waals surface area contributed by atoms with Gasteiger partial charge in [0.2, 0.25) is 5.91 Å². The van der Waals surface area contributed by atoms with Gasteiger partial charge in [-0.05, 0) is 24.3 Å². The Balaban J connectivity index is 1.76. The number of anilines is 1. The van der Waals surface area contributed by atoms with Crippen LogP contribution in [0.5, 0.6) is 0 Å². The highest BCUT2D eigenvalue weighted by Crippen LogP contribution is 2.25. The van der Waals surface area contributed by atoms with Gasteiger partial charge in [0, 0.05) is 30.1 Å². The molecule has 0 aliphatic heterocycles. The van der Waals surface area contributed by atoms with E-state index in [1.807, 2.05) is 0 Å². The van der Waals surface area contributed by atoms with Crippen molar-refractivity contribution < 1.29 is 9.18 Å². The van der Waals surface area contributed by atoms with Crippen LogP contribution in [0.3, 0.4) is 0 Å². The summed E-state index contributed by atoms with van der Waals surface area (Å²) in [7, 11) is 0. The molecule has 0 fully saturated rings. The minimum atomic E-state index is -0.327. The Bertz CT molecular complexity index is 664. The van der Waals surface area contributed by atoms with Gasteiger partial charge in [0.1, 0.15) is 5.82 Å². The zero-order valence-corrected chi connectivity index (χ0v) is 13.2. The molecule has 0 atom stereocenters. The second-order valence-corrected chi connectivity index (χ2v) is 5.51. The number of carbonyl (C=O) groups is 1. The first-order chi connectivity index (χ1) is 10.6. The molecule has 2 aromatic rings. The molecule has 2 rings (SSSR count). The number of halogens is 3. The molecule has 0 spiro atoms. The summed E-state index contributed by atoms with van der Waals surface area (Å²) in [5, 5.41) is 6.82.